The molecule has 0 amide bonds. The third kappa shape index (κ3) is 3.78. The van der Waals surface area contributed by atoms with Crippen molar-refractivity contribution in [1.29, 1.82) is 0 Å². The summed E-state index contributed by atoms with van der Waals surface area (Å²) in [6.07, 6.45) is 0. The molecule has 0 aliphatic heterocycles. The van der Waals surface area contributed by atoms with E-state index in [2.05, 4.69) is 22.6 Å². The molecule has 0 aliphatic carbocycles. The summed E-state index contributed by atoms with van der Waals surface area (Å²) < 4.78 is 36.7. The van der Waals surface area contributed by atoms with Crippen LogP contribution in [0.25, 0.3) is 0 Å². The lowest BCUT2D eigenvalue weighted by atomic mass is 10.2. The molecule has 0 heterocycles. The van der Waals surface area contributed by atoms with Crippen molar-refractivity contribution in [2.45, 2.75) is 4.90 Å². The van der Waals surface area contributed by atoms with Crippen LogP contribution < -0.4 is 4.74 Å². The van der Waals surface area contributed by atoms with Crippen LogP contribution in [0.3, 0.4) is 0 Å². The van der Waals surface area contributed by atoms with Crippen LogP contribution in [0.1, 0.15) is 10.4 Å². The van der Waals surface area contributed by atoms with E-state index in [1.165, 1.54) is 12.1 Å². The van der Waals surface area contributed by atoms with E-state index in [1.807, 2.05) is 0 Å². The fraction of sp³-hybridized carbons (Fsp3) is 0. The molecule has 0 unspecified atom stereocenters. The first kappa shape index (κ1) is 14.9. The molecule has 0 saturated carbocycles. The Morgan fingerprint density at radius 1 is 1.00 bits per heavy atom. The third-order valence-corrected chi connectivity index (χ3v) is 4.00. The smallest absolute Gasteiger partial charge is 0.343 e. The predicted octanol–water partition coefficient (Wildman–Crippen LogP) is 2.76. The second kappa shape index (κ2) is 5.90. The monoisotopic (exact) mass is 404 g/mol. The summed E-state index contributed by atoms with van der Waals surface area (Å²) >= 11 is 2.13. The number of ether oxygens (including phenoxy) is 1. The first-order valence-corrected chi connectivity index (χ1v) is 7.93. The van der Waals surface area contributed by atoms with Crippen molar-refractivity contribution in [3.63, 3.8) is 0 Å². The summed E-state index contributed by atoms with van der Waals surface area (Å²) in [5, 5.41) is 0. The molecule has 0 radical (unpaired) electrons. The van der Waals surface area contributed by atoms with Gasteiger partial charge in [-0.15, -0.1) is 0 Å². The lowest BCUT2D eigenvalue weighted by Gasteiger charge is -2.05. The summed E-state index contributed by atoms with van der Waals surface area (Å²) in [7, 11) is -4.26. The molecule has 20 heavy (non-hydrogen) atoms. The summed E-state index contributed by atoms with van der Waals surface area (Å²) in [5.41, 5.74) is 0.191. The second-order valence-electron chi connectivity index (χ2n) is 3.84. The summed E-state index contributed by atoms with van der Waals surface area (Å²) in [6.45, 7) is 0. The minimum atomic E-state index is -4.26. The number of rotatable bonds is 3. The fourth-order valence-electron chi connectivity index (χ4n) is 1.43. The van der Waals surface area contributed by atoms with Crippen LogP contribution in [0.5, 0.6) is 5.75 Å². The Labute approximate surface area is 129 Å². The molecule has 0 aliphatic rings. The van der Waals surface area contributed by atoms with Crippen molar-refractivity contribution in [3.05, 3.63) is 57.7 Å². The van der Waals surface area contributed by atoms with Crippen LogP contribution in [-0.2, 0) is 10.1 Å². The Balaban J connectivity index is 2.15. The van der Waals surface area contributed by atoms with Gasteiger partial charge in [0.05, 0.1) is 10.5 Å². The van der Waals surface area contributed by atoms with Crippen molar-refractivity contribution in [3.8, 4) is 5.75 Å². The number of hydrogen-bond acceptors (Lipinski definition) is 4. The molecule has 0 atom stereocenters. The quantitative estimate of drug-likeness (QED) is 0.368. The molecule has 7 heteroatoms. The first-order chi connectivity index (χ1) is 9.36. The topological polar surface area (TPSA) is 80.7 Å². The molecule has 2 rings (SSSR count). The predicted molar refractivity (Wildman–Crippen MR) is 80.4 cm³/mol. The highest BCUT2D eigenvalue weighted by atomic mass is 127. The molecular formula is C13H9IO5S. The summed E-state index contributed by atoms with van der Waals surface area (Å²) in [6, 6.07) is 11.7. The van der Waals surface area contributed by atoms with Crippen molar-refractivity contribution in [1.82, 2.24) is 0 Å². The Kier molecular flexibility index (Phi) is 4.41. The highest BCUT2D eigenvalue weighted by molar-refractivity contribution is 14.1. The normalized spacial score (nSPS) is 11.1. The maximum atomic E-state index is 11.8. The Bertz CT molecular complexity index is 720. The van der Waals surface area contributed by atoms with Crippen molar-refractivity contribution in [2.75, 3.05) is 0 Å². The van der Waals surface area contributed by atoms with Crippen molar-refractivity contribution >= 4 is 38.7 Å². The maximum Gasteiger partial charge on any atom is 0.343 e. The van der Waals surface area contributed by atoms with Gasteiger partial charge in [0.25, 0.3) is 10.1 Å². The average Bonchev–Trinajstić information content (AvgIpc) is 2.40. The number of esters is 1. The van der Waals surface area contributed by atoms with Gasteiger partial charge in [0.2, 0.25) is 0 Å². The standard InChI is InChI=1S/C13H9IO5S/c14-10-3-5-11(6-4-10)19-13(15)9-1-7-12(8-2-9)20(16,17)18/h1-8H,(H,16,17,18). The number of carbonyl (C=O) groups excluding carboxylic acids is 1. The van der Waals surface area contributed by atoms with Crippen LogP contribution >= 0.6 is 22.6 Å². The average molecular weight is 404 g/mol. The van der Waals surface area contributed by atoms with Gasteiger partial charge >= 0.3 is 5.97 Å². The van der Waals surface area contributed by atoms with Crippen LogP contribution in [0.2, 0.25) is 0 Å². The van der Waals surface area contributed by atoms with Gasteiger partial charge in [0.1, 0.15) is 5.75 Å². The van der Waals surface area contributed by atoms with Crippen LogP contribution in [0.15, 0.2) is 53.4 Å². The van der Waals surface area contributed by atoms with Crippen LogP contribution in [0.4, 0.5) is 0 Å². The van der Waals surface area contributed by atoms with Crippen LogP contribution in [-0.4, -0.2) is 18.9 Å². The van der Waals surface area contributed by atoms with Gasteiger partial charge in [0.15, 0.2) is 0 Å². The Morgan fingerprint density at radius 2 is 1.55 bits per heavy atom. The van der Waals surface area contributed by atoms with E-state index >= 15 is 0 Å². The number of carbonyl (C=O) groups is 1. The van der Waals surface area contributed by atoms with Gasteiger partial charge in [0, 0.05) is 3.57 Å². The van der Waals surface area contributed by atoms with E-state index < -0.39 is 16.1 Å². The molecular weight excluding hydrogens is 395 g/mol. The molecule has 2 aromatic carbocycles. The van der Waals surface area contributed by atoms with E-state index in [1.54, 1.807) is 24.3 Å². The summed E-state index contributed by atoms with van der Waals surface area (Å²) in [4.78, 5) is 11.5. The van der Waals surface area contributed by atoms with E-state index in [4.69, 9.17) is 9.29 Å². The largest absolute Gasteiger partial charge is 0.423 e. The zero-order valence-electron chi connectivity index (χ0n) is 9.99. The molecule has 2 aromatic rings. The van der Waals surface area contributed by atoms with Crippen LogP contribution in [0, 0.1) is 3.57 Å². The minimum Gasteiger partial charge on any atom is -0.423 e. The fourth-order valence-corrected chi connectivity index (χ4v) is 2.27. The molecule has 0 fully saturated rings. The minimum absolute atomic E-state index is 0.191. The molecule has 5 nitrogen and oxygen atoms in total. The maximum absolute atomic E-state index is 11.8. The van der Waals surface area contributed by atoms with Crippen molar-refractivity contribution in [2.24, 2.45) is 0 Å². The lowest BCUT2D eigenvalue weighted by Crippen LogP contribution is -2.09. The van der Waals surface area contributed by atoms with E-state index in [9.17, 15) is 13.2 Å². The number of hydrogen-bond donors (Lipinski definition) is 1. The van der Waals surface area contributed by atoms with E-state index in [0.29, 0.717) is 5.75 Å². The van der Waals surface area contributed by atoms with Gasteiger partial charge in [-0.2, -0.15) is 8.42 Å². The van der Waals surface area contributed by atoms with Gasteiger partial charge in [-0.25, -0.2) is 4.79 Å². The van der Waals surface area contributed by atoms with Crippen molar-refractivity contribution < 1.29 is 22.5 Å². The van der Waals surface area contributed by atoms with E-state index in [0.717, 1.165) is 15.7 Å². The lowest BCUT2D eigenvalue weighted by molar-refractivity contribution is 0.0734. The zero-order valence-corrected chi connectivity index (χ0v) is 13.0. The molecule has 104 valence electrons. The van der Waals surface area contributed by atoms with Gasteiger partial charge in [-0.05, 0) is 71.1 Å². The van der Waals surface area contributed by atoms with Gasteiger partial charge in [-0.3, -0.25) is 4.55 Å². The SMILES string of the molecule is O=C(Oc1ccc(I)cc1)c1ccc(S(=O)(=O)O)cc1. The molecule has 1 N–H and O–H groups in total. The Hall–Kier alpha value is -1.45. The summed E-state index contributed by atoms with van der Waals surface area (Å²) in [5.74, 6) is -0.206. The van der Waals surface area contributed by atoms with Gasteiger partial charge < -0.3 is 4.74 Å². The van der Waals surface area contributed by atoms with E-state index in [-0.39, 0.29) is 10.5 Å². The van der Waals surface area contributed by atoms with Gasteiger partial charge in [-0.1, -0.05) is 0 Å². The zero-order chi connectivity index (χ0) is 14.8. The molecule has 0 aromatic heterocycles. The highest BCUT2D eigenvalue weighted by Crippen LogP contribution is 2.16. The third-order valence-electron chi connectivity index (χ3n) is 2.41. The molecule has 0 spiro atoms. The first-order valence-electron chi connectivity index (χ1n) is 5.41. The number of halogens is 1. The highest BCUT2D eigenvalue weighted by Gasteiger charge is 2.12. The molecule has 0 saturated heterocycles. The number of benzene rings is 2. The second-order valence-corrected chi connectivity index (χ2v) is 6.51. The Morgan fingerprint density at radius 3 is 2.05 bits per heavy atom. The molecule has 0 bridgehead atoms.